The van der Waals surface area contributed by atoms with Crippen molar-refractivity contribution in [2.75, 3.05) is 0 Å². The minimum Gasteiger partial charge on any atom is -0.299 e. The molecule has 164 valence electrons. The van der Waals surface area contributed by atoms with Gasteiger partial charge in [0.2, 0.25) is 0 Å². The molecule has 5 aliphatic rings. The molecule has 29 heavy (non-hydrogen) atoms. The average molecular weight is 399 g/mol. The van der Waals surface area contributed by atoms with E-state index in [1.165, 1.54) is 103 Å². The van der Waals surface area contributed by atoms with E-state index in [2.05, 4.69) is 13.8 Å². The fourth-order valence-corrected chi connectivity index (χ4v) is 9.75. The molecule has 0 amide bonds. The number of fused-ring (bicyclic) bond motifs is 2. The standard InChI is InChI=1S/C28H46O/c1-19-11-15-21(16-12-19)28(22-17-13-20(2)14-18-22)25-9-5-3-7-23(25)27(29)24-8-4-6-10-26(24)28/h19-26H,3-18H2,1-2H3. The normalized spacial score (nSPS) is 51.2. The maximum atomic E-state index is 13.8. The maximum Gasteiger partial charge on any atom is 0.139 e. The molecule has 0 saturated heterocycles. The third-order valence-corrected chi connectivity index (χ3v) is 11.0. The number of ketones is 1. The molecule has 5 fully saturated rings. The van der Waals surface area contributed by atoms with E-state index in [0.29, 0.717) is 17.3 Å². The van der Waals surface area contributed by atoms with Gasteiger partial charge in [-0.15, -0.1) is 0 Å². The van der Waals surface area contributed by atoms with Gasteiger partial charge in [-0.3, -0.25) is 4.79 Å². The molecule has 0 spiro atoms. The van der Waals surface area contributed by atoms with Crippen molar-refractivity contribution in [1.29, 1.82) is 0 Å². The molecule has 0 heterocycles. The van der Waals surface area contributed by atoms with Gasteiger partial charge in [-0.2, -0.15) is 0 Å². The van der Waals surface area contributed by atoms with Gasteiger partial charge in [-0.25, -0.2) is 0 Å². The molecule has 4 unspecified atom stereocenters. The fraction of sp³-hybridized carbons (Fsp3) is 0.964. The number of hydrogen-bond donors (Lipinski definition) is 0. The molecule has 0 aromatic rings. The molecule has 0 aliphatic heterocycles. The van der Waals surface area contributed by atoms with Crippen molar-refractivity contribution in [1.82, 2.24) is 0 Å². The van der Waals surface area contributed by atoms with Gasteiger partial charge in [-0.05, 0) is 92.3 Å². The van der Waals surface area contributed by atoms with E-state index in [1.807, 2.05) is 0 Å². The van der Waals surface area contributed by atoms with E-state index in [1.54, 1.807) is 0 Å². The Morgan fingerprint density at radius 2 is 0.931 bits per heavy atom. The SMILES string of the molecule is CC1CCC(C2(C3CCC(C)CC3)C3CCCCC3C(=O)C3CCCCC32)CC1. The van der Waals surface area contributed by atoms with Crippen LogP contribution in [-0.4, -0.2) is 5.78 Å². The van der Waals surface area contributed by atoms with Crippen molar-refractivity contribution in [2.24, 2.45) is 52.8 Å². The van der Waals surface area contributed by atoms with Gasteiger partial charge in [0, 0.05) is 11.8 Å². The lowest BCUT2D eigenvalue weighted by molar-refractivity contribution is -0.185. The summed E-state index contributed by atoms with van der Waals surface area (Å²) in [6, 6.07) is 0. The van der Waals surface area contributed by atoms with Gasteiger partial charge in [0.1, 0.15) is 5.78 Å². The Kier molecular flexibility index (Phi) is 5.89. The lowest BCUT2D eigenvalue weighted by atomic mass is 9.38. The van der Waals surface area contributed by atoms with Crippen molar-refractivity contribution >= 4 is 5.78 Å². The Hall–Kier alpha value is -0.330. The first-order valence-electron chi connectivity index (χ1n) is 13.7. The molecule has 5 rings (SSSR count). The molecular formula is C28H46O. The Balaban J connectivity index is 1.59. The van der Waals surface area contributed by atoms with Crippen LogP contribution in [0.15, 0.2) is 0 Å². The van der Waals surface area contributed by atoms with E-state index >= 15 is 0 Å². The van der Waals surface area contributed by atoms with Crippen LogP contribution in [0.3, 0.4) is 0 Å². The number of rotatable bonds is 2. The van der Waals surface area contributed by atoms with E-state index in [-0.39, 0.29) is 0 Å². The molecule has 1 heteroatoms. The van der Waals surface area contributed by atoms with Gasteiger partial charge in [0.25, 0.3) is 0 Å². The van der Waals surface area contributed by atoms with E-state index in [0.717, 1.165) is 41.3 Å². The predicted octanol–water partition coefficient (Wildman–Crippen LogP) is 7.82. The van der Waals surface area contributed by atoms with Crippen LogP contribution in [0.5, 0.6) is 0 Å². The van der Waals surface area contributed by atoms with Crippen LogP contribution in [-0.2, 0) is 4.79 Å². The molecule has 5 aliphatic carbocycles. The monoisotopic (exact) mass is 398 g/mol. The quantitative estimate of drug-likeness (QED) is 0.463. The van der Waals surface area contributed by atoms with Crippen LogP contribution in [0.1, 0.15) is 117 Å². The van der Waals surface area contributed by atoms with Crippen LogP contribution in [0.25, 0.3) is 0 Å². The minimum atomic E-state index is 0.446. The summed E-state index contributed by atoms with van der Waals surface area (Å²) < 4.78 is 0. The summed E-state index contributed by atoms with van der Waals surface area (Å²) in [5, 5.41) is 0. The van der Waals surface area contributed by atoms with E-state index in [4.69, 9.17) is 0 Å². The average Bonchev–Trinajstić information content (AvgIpc) is 2.76. The Morgan fingerprint density at radius 3 is 1.34 bits per heavy atom. The molecule has 4 atom stereocenters. The zero-order valence-corrected chi connectivity index (χ0v) is 19.3. The number of carbonyl (C=O) groups excluding carboxylic acids is 1. The highest BCUT2D eigenvalue weighted by Crippen LogP contribution is 2.68. The highest BCUT2D eigenvalue weighted by molar-refractivity contribution is 5.85. The van der Waals surface area contributed by atoms with Gasteiger partial charge < -0.3 is 0 Å². The third-order valence-electron chi connectivity index (χ3n) is 11.0. The maximum absolute atomic E-state index is 13.8. The lowest BCUT2D eigenvalue weighted by Gasteiger charge is -2.65. The van der Waals surface area contributed by atoms with Gasteiger partial charge in [0.05, 0.1) is 0 Å². The first-order chi connectivity index (χ1) is 14.1. The largest absolute Gasteiger partial charge is 0.299 e. The van der Waals surface area contributed by atoms with E-state index < -0.39 is 0 Å². The molecule has 0 aromatic heterocycles. The number of Topliss-reactive ketones (excluding diaryl/α,β-unsaturated/α-hetero) is 1. The van der Waals surface area contributed by atoms with Gasteiger partial charge in [0.15, 0.2) is 0 Å². The highest BCUT2D eigenvalue weighted by atomic mass is 16.1. The summed E-state index contributed by atoms with van der Waals surface area (Å²) in [7, 11) is 0. The molecule has 0 radical (unpaired) electrons. The van der Waals surface area contributed by atoms with Crippen molar-refractivity contribution in [3.05, 3.63) is 0 Å². The topological polar surface area (TPSA) is 17.1 Å². The summed E-state index contributed by atoms with van der Waals surface area (Å²) in [5.74, 6) is 6.88. The van der Waals surface area contributed by atoms with Crippen LogP contribution in [0, 0.1) is 52.8 Å². The highest BCUT2D eigenvalue weighted by Gasteiger charge is 2.64. The summed E-state index contributed by atoms with van der Waals surface area (Å²) in [6.45, 7) is 4.98. The summed E-state index contributed by atoms with van der Waals surface area (Å²) in [4.78, 5) is 13.8. The molecule has 5 saturated carbocycles. The Bertz CT molecular complexity index is 527. The van der Waals surface area contributed by atoms with Gasteiger partial charge >= 0.3 is 0 Å². The van der Waals surface area contributed by atoms with Crippen molar-refractivity contribution in [2.45, 2.75) is 117 Å². The summed E-state index contributed by atoms with van der Waals surface area (Å²) in [5.41, 5.74) is 0.532. The lowest BCUT2D eigenvalue weighted by Crippen LogP contribution is -2.62. The molecule has 0 N–H and O–H groups in total. The van der Waals surface area contributed by atoms with Crippen LogP contribution in [0.4, 0.5) is 0 Å². The van der Waals surface area contributed by atoms with Gasteiger partial charge in [-0.1, -0.05) is 65.2 Å². The smallest absolute Gasteiger partial charge is 0.139 e. The zero-order chi connectivity index (χ0) is 20.0. The Labute approximate surface area is 180 Å². The summed E-state index contributed by atoms with van der Waals surface area (Å²) >= 11 is 0. The molecule has 0 aromatic carbocycles. The van der Waals surface area contributed by atoms with Crippen molar-refractivity contribution < 1.29 is 4.79 Å². The molecular weight excluding hydrogens is 352 g/mol. The second-order valence-corrected chi connectivity index (χ2v) is 12.3. The third kappa shape index (κ3) is 3.36. The van der Waals surface area contributed by atoms with Crippen molar-refractivity contribution in [3.8, 4) is 0 Å². The number of carbonyl (C=O) groups is 1. The number of hydrogen-bond acceptors (Lipinski definition) is 1. The second-order valence-electron chi connectivity index (χ2n) is 12.3. The summed E-state index contributed by atoms with van der Waals surface area (Å²) in [6.07, 6.45) is 22.4. The first kappa shape index (κ1) is 20.6. The second kappa shape index (κ2) is 8.31. The van der Waals surface area contributed by atoms with Crippen LogP contribution >= 0.6 is 0 Å². The minimum absolute atomic E-state index is 0.446. The Morgan fingerprint density at radius 1 is 0.552 bits per heavy atom. The zero-order valence-electron chi connectivity index (χ0n) is 19.3. The first-order valence-corrected chi connectivity index (χ1v) is 13.7. The molecule has 1 nitrogen and oxygen atoms in total. The molecule has 0 bridgehead atoms. The van der Waals surface area contributed by atoms with E-state index in [9.17, 15) is 4.79 Å². The fourth-order valence-electron chi connectivity index (χ4n) is 9.75. The predicted molar refractivity (Wildman–Crippen MR) is 121 cm³/mol. The van der Waals surface area contributed by atoms with Crippen LogP contribution < -0.4 is 0 Å². The van der Waals surface area contributed by atoms with Crippen molar-refractivity contribution in [3.63, 3.8) is 0 Å². The van der Waals surface area contributed by atoms with Crippen LogP contribution in [0.2, 0.25) is 0 Å².